The van der Waals surface area contributed by atoms with E-state index in [1.54, 1.807) is 0 Å². The SMILES string of the molecule is O=C(NC1CC1)[C@@H]1CCCN(C(=O)[C@@H]2CCCC[C@@H]2C(F)(F)F)C1. The van der Waals surface area contributed by atoms with E-state index in [9.17, 15) is 22.8 Å². The van der Waals surface area contributed by atoms with E-state index < -0.39 is 23.9 Å². The molecule has 3 fully saturated rings. The zero-order chi connectivity index (χ0) is 17.3. The van der Waals surface area contributed by atoms with Gasteiger partial charge in [0.25, 0.3) is 0 Å². The van der Waals surface area contributed by atoms with Crippen molar-refractivity contribution in [1.29, 1.82) is 0 Å². The third-order valence-corrected chi connectivity index (χ3v) is 5.53. The number of hydrogen-bond donors (Lipinski definition) is 1. The number of halogens is 3. The Morgan fingerprint density at radius 1 is 0.958 bits per heavy atom. The van der Waals surface area contributed by atoms with Gasteiger partial charge in [-0.05, 0) is 38.5 Å². The highest BCUT2D eigenvalue weighted by molar-refractivity contribution is 5.83. The van der Waals surface area contributed by atoms with Crippen molar-refractivity contribution in [2.75, 3.05) is 13.1 Å². The third-order valence-electron chi connectivity index (χ3n) is 5.53. The summed E-state index contributed by atoms with van der Waals surface area (Å²) in [6.07, 6.45) is 0.598. The van der Waals surface area contributed by atoms with E-state index in [-0.39, 0.29) is 30.8 Å². The van der Waals surface area contributed by atoms with Crippen LogP contribution in [0.15, 0.2) is 0 Å². The average molecular weight is 346 g/mol. The second kappa shape index (κ2) is 6.92. The molecule has 0 unspecified atom stereocenters. The molecule has 4 nitrogen and oxygen atoms in total. The first-order chi connectivity index (χ1) is 11.4. The van der Waals surface area contributed by atoms with Crippen LogP contribution < -0.4 is 5.32 Å². The van der Waals surface area contributed by atoms with Gasteiger partial charge >= 0.3 is 6.18 Å². The molecule has 136 valence electrons. The van der Waals surface area contributed by atoms with Crippen molar-refractivity contribution in [3.05, 3.63) is 0 Å². The number of alkyl halides is 3. The highest BCUT2D eigenvalue weighted by Gasteiger charge is 2.49. The highest BCUT2D eigenvalue weighted by Crippen LogP contribution is 2.42. The average Bonchev–Trinajstić information content (AvgIpc) is 3.37. The molecule has 24 heavy (non-hydrogen) atoms. The van der Waals surface area contributed by atoms with Crippen LogP contribution in [0.4, 0.5) is 13.2 Å². The summed E-state index contributed by atoms with van der Waals surface area (Å²) in [7, 11) is 0. The van der Waals surface area contributed by atoms with Crippen molar-refractivity contribution in [3.63, 3.8) is 0 Å². The fourth-order valence-electron chi connectivity index (χ4n) is 3.99. The third kappa shape index (κ3) is 4.03. The van der Waals surface area contributed by atoms with Crippen molar-refractivity contribution >= 4 is 11.8 Å². The molecule has 0 bridgehead atoms. The first-order valence-corrected chi connectivity index (χ1v) is 9.02. The van der Waals surface area contributed by atoms with Crippen LogP contribution in [0, 0.1) is 17.8 Å². The first-order valence-electron chi connectivity index (χ1n) is 9.02. The largest absolute Gasteiger partial charge is 0.392 e. The van der Waals surface area contributed by atoms with Crippen LogP contribution in [0.1, 0.15) is 51.4 Å². The molecule has 0 aromatic carbocycles. The Bertz CT molecular complexity index is 491. The maximum atomic E-state index is 13.2. The molecule has 2 aliphatic carbocycles. The molecule has 2 amide bonds. The van der Waals surface area contributed by atoms with Crippen molar-refractivity contribution in [2.45, 2.75) is 63.6 Å². The summed E-state index contributed by atoms with van der Waals surface area (Å²) in [5.41, 5.74) is 0. The molecule has 1 saturated heterocycles. The lowest BCUT2D eigenvalue weighted by Crippen LogP contribution is -2.50. The molecule has 0 aromatic heterocycles. The highest BCUT2D eigenvalue weighted by atomic mass is 19.4. The number of nitrogens with zero attached hydrogens (tertiary/aromatic N) is 1. The number of rotatable bonds is 3. The Kier molecular flexibility index (Phi) is 5.06. The maximum Gasteiger partial charge on any atom is 0.392 e. The van der Waals surface area contributed by atoms with Gasteiger partial charge in [0.15, 0.2) is 0 Å². The minimum absolute atomic E-state index is 0.0410. The van der Waals surface area contributed by atoms with Gasteiger partial charge in [-0.3, -0.25) is 9.59 Å². The molecule has 0 radical (unpaired) electrons. The van der Waals surface area contributed by atoms with Crippen LogP contribution in [0.5, 0.6) is 0 Å². The van der Waals surface area contributed by atoms with Crippen LogP contribution in [-0.4, -0.2) is 42.0 Å². The van der Waals surface area contributed by atoms with Gasteiger partial charge in [-0.15, -0.1) is 0 Å². The molecular weight excluding hydrogens is 321 g/mol. The molecular formula is C17H25F3N2O2. The Morgan fingerprint density at radius 3 is 2.33 bits per heavy atom. The van der Waals surface area contributed by atoms with Crippen LogP contribution >= 0.6 is 0 Å². The molecule has 3 rings (SSSR count). The predicted octanol–water partition coefficient (Wildman–Crippen LogP) is 2.87. The molecule has 3 atom stereocenters. The number of hydrogen-bond acceptors (Lipinski definition) is 2. The van der Waals surface area contributed by atoms with Crippen molar-refractivity contribution in [3.8, 4) is 0 Å². The van der Waals surface area contributed by atoms with Gasteiger partial charge in [0, 0.05) is 25.0 Å². The fourth-order valence-corrected chi connectivity index (χ4v) is 3.99. The monoisotopic (exact) mass is 346 g/mol. The second-order valence-electron chi connectivity index (χ2n) is 7.45. The number of carbonyl (C=O) groups excluding carboxylic acids is 2. The van der Waals surface area contributed by atoms with Gasteiger partial charge in [0.1, 0.15) is 0 Å². The summed E-state index contributed by atoms with van der Waals surface area (Å²) in [4.78, 5) is 26.4. The molecule has 0 aromatic rings. The van der Waals surface area contributed by atoms with E-state index in [0.29, 0.717) is 38.6 Å². The maximum absolute atomic E-state index is 13.2. The second-order valence-corrected chi connectivity index (χ2v) is 7.45. The topological polar surface area (TPSA) is 49.4 Å². The molecule has 1 N–H and O–H groups in total. The molecule has 1 heterocycles. The number of amides is 2. The summed E-state index contributed by atoms with van der Waals surface area (Å²) in [5.74, 6) is -3.23. The van der Waals surface area contributed by atoms with E-state index in [0.717, 1.165) is 12.8 Å². The van der Waals surface area contributed by atoms with Gasteiger partial charge in [-0.25, -0.2) is 0 Å². The number of nitrogens with one attached hydrogen (secondary N) is 1. The van der Waals surface area contributed by atoms with E-state index in [2.05, 4.69) is 5.32 Å². The van der Waals surface area contributed by atoms with Gasteiger partial charge in [0.2, 0.25) is 11.8 Å². The van der Waals surface area contributed by atoms with E-state index in [1.165, 1.54) is 4.90 Å². The standard InChI is InChI=1S/C17H25F3N2O2/c18-17(19,20)14-6-2-1-5-13(14)16(24)22-9-3-4-11(10-22)15(23)21-12-7-8-12/h11-14H,1-10H2,(H,21,23)/t11-,13-,14+/m1/s1. The van der Waals surface area contributed by atoms with Gasteiger partial charge in [0.05, 0.1) is 11.8 Å². The lowest BCUT2D eigenvalue weighted by atomic mass is 9.77. The zero-order valence-electron chi connectivity index (χ0n) is 13.8. The Morgan fingerprint density at radius 2 is 1.67 bits per heavy atom. The Labute approximate surface area is 140 Å². The smallest absolute Gasteiger partial charge is 0.353 e. The minimum atomic E-state index is -4.32. The molecule has 0 spiro atoms. The van der Waals surface area contributed by atoms with Crippen LogP contribution in [0.25, 0.3) is 0 Å². The van der Waals surface area contributed by atoms with Crippen molar-refractivity contribution in [1.82, 2.24) is 10.2 Å². The van der Waals surface area contributed by atoms with Gasteiger partial charge in [-0.2, -0.15) is 13.2 Å². The van der Waals surface area contributed by atoms with E-state index in [4.69, 9.17) is 0 Å². The predicted molar refractivity (Wildman–Crippen MR) is 82.0 cm³/mol. The summed E-state index contributed by atoms with van der Waals surface area (Å²) in [6.45, 7) is 0.728. The van der Waals surface area contributed by atoms with Crippen molar-refractivity contribution < 1.29 is 22.8 Å². The molecule has 1 aliphatic heterocycles. The fraction of sp³-hybridized carbons (Fsp3) is 0.882. The zero-order valence-corrected chi connectivity index (χ0v) is 13.8. The summed E-state index contributed by atoms with van der Waals surface area (Å²) >= 11 is 0. The number of carbonyl (C=O) groups is 2. The van der Waals surface area contributed by atoms with Crippen LogP contribution in [-0.2, 0) is 9.59 Å². The quantitative estimate of drug-likeness (QED) is 0.854. The van der Waals surface area contributed by atoms with Crippen LogP contribution in [0.2, 0.25) is 0 Å². The number of likely N-dealkylation sites (tertiary alicyclic amines) is 1. The van der Waals surface area contributed by atoms with E-state index >= 15 is 0 Å². The molecule has 7 heteroatoms. The minimum Gasteiger partial charge on any atom is -0.353 e. The van der Waals surface area contributed by atoms with E-state index in [1.807, 2.05) is 0 Å². The van der Waals surface area contributed by atoms with Crippen LogP contribution in [0.3, 0.4) is 0 Å². The Balaban J connectivity index is 1.63. The van der Waals surface area contributed by atoms with Gasteiger partial charge in [-0.1, -0.05) is 12.8 Å². The normalized spacial score (nSPS) is 31.6. The summed E-state index contributed by atoms with van der Waals surface area (Å²) in [5, 5.41) is 2.94. The summed E-state index contributed by atoms with van der Waals surface area (Å²) in [6, 6.07) is 0.261. The van der Waals surface area contributed by atoms with Gasteiger partial charge < -0.3 is 10.2 Å². The lowest BCUT2D eigenvalue weighted by molar-refractivity contribution is -0.201. The molecule has 3 aliphatic rings. The Hall–Kier alpha value is -1.27. The number of piperidine rings is 1. The first kappa shape index (κ1) is 17.5. The lowest BCUT2D eigenvalue weighted by Gasteiger charge is -2.38. The molecule has 2 saturated carbocycles. The van der Waals surface area contributed by atoms with Crippen molar-refractivity contribution in [2.24, 2.45) is 17.8 Å². The summed E-state index contributed by atoms with van der Waals surface area (Å²) < 4.78 is 39.7.